The van der Waals surface area contributed by atoms with Crippen molar-refractivity contribution in [3.8, 4) is 0 Å². The summed E-state index contributed by atoms with van der Waals surface area (Å²) >= 11 is 0. The largest absolute Gasteiger partial charge is 0.0724 e. The number of hydrogen-bond acceptors (Lipinski definition) is 0. The predicted octanol–water partition coefficient (Wildman–Crippen LogP) is 1.82. The molecule has 0 aliphatic heterocycles. The van der Waals surface area contributed by atoms with Crippen LogP contribution in [-0.2, 0) is 0 Å². The Labute approximate surface area is 80.4 Å². The molecule has 0 N–H and O–H groups in total. The van der Waals surface area contributed by atoms with Crippen molar-refractivity contribution in [2.75, 3.05) is 0 Å². The van der Waals surface area contributed by atoms with E-state index in [1.165, 1.54) is 0 Å². The fourth-order valence-electron chi connectivity index (χ4n) is 0. The summed E-state index contributed by atoms with van der Waals surface area (Å²) in [5, 5.41) is 0. The number of hydrogen-bond donors (Lipinski definition) is 0. The quantitative estimate of drug-likeness (QED) is 0.592. The second-order valence-corrected chi connectivity index (χ2v) is 10.4. The standard InChI is InChI=1S/2C3H10Si.Te/c2*1-4(2)3;/h2*4H,1-3H3;. The van der Waals surface area contributed by atoms with Crippen molar-refractivity contribution >= 4 is 41.3 Å². The van der Waals surface area contributed by atoms with E-state index in [0.717, 1.165) is 0 Å². The molecule has 0 aliphatic carbocycles. The molecule has 0 amide bonds. The van der Waals surface area contributed by atoms with Crippen molar-refractivity contribution in [2.45, 2.75) is 39.3 Å². The molecule has 0 spiro atoms. The van der Waals surface area contributed by atoms with E-state index >= 15 is 0 Å². The first-order valence-electron chi connectivity index (χ1n) is 3.46. The molecule has 0 saturated carbocycles. The zero-order valence-corrected chi connectivity index (χ0v) is 12.2. The summed E-state index contributed by atoms with van der Waals surface area (Å²) in [5.41, 5.74) is 0. The molecule has 3 heteroatoms. The fraction of sp³-hybridized carbons (Fsp3) is 1.00. The summed E-state index contributed by atoms with van der Waals surface area (Å²) in [7, 11) is -0.278. The molecule has 0 unspecified atom stereocenters. The van der Waals surface area contributed by atoms with Gasteiger partial charge in [0.25, 0.3) is 0 Å². The van der Waals surface area contributed by atoms with E-state index < -0.39 is 0 Å². The van der Waals surface area contributed by atoms with Gasteiger partial charge in [0.2, 0.25) is 0 Å². The maximum atomic E-state index is 2.31. The van der Waals surface area contributed by atoms with Gasteiger partial charge in [0, 0.05) is 41.3 Å². The van der Waals surface area contributed by atoms with E-state index in [0.29, 0.717) is 0 Å². The van der Waals surface area contributed by atoms with Gasteiger partial charge in [0.05, 0.1) is 0 Å². The second-order valence-electron chi connectivity index (χ2n) is 3.46. The van der Waals surface area contributed by atoms with Crippen LogP contribution >= 0.6 is 0 Å². The molecular weight excluding hydrogens is 256 g/mol. The van der Waals surface area contributed by atoms with Gasteiger partial charge in [-0.15, -0.1) is 0 Å². The molecule has 0 nitrogen and oxygen atoms in total. The Kier molecular flexibility index (Phi) is 22.1. The van der Waals surface area contributed by atoms with E-state index in [9.17, 15) is 0 Å². The van der Waals surface area contributed by atoms with Crippen LogP contribution in [0, 0.1) is 0 Å². The van der Waals surface area contributed by atoms with Crippen LogP contribution in [-0.4, -0.2) is 41.3 Å². The van der Waals surface area contributed by atoms with Gasteiger partial charge in [-0.25, -0.2) is 0 Å². The van der Waals surface area contributed by atoms with Crippen LogP contribution in [0.3, 0.4) is 0 Å². The molecule has 2 radical (unpaired) electrons. The molecule has 0 aromatic heterocycles. The normalized spacial score (nSPS) is 8.00. The molecule has 0 saturated heterocycles. The first-order chi connectivity index (χ1) is 3.46. The van der Waals surface area contributed by atoms with Crippen molar-refractivity contribution in [1.29, 1.82) is 0 Å². The van der Waals surface area contributed by atoms with Crippen LogP contribution in [0.5, 0.6) is 0 Å². The van der Waals surface area contributed by atoms with Gasteiger partial charge in [0.15, 0.2) is 0 Å². The van der Waals surface area contributed by atoms with Gasteiger partial charge in [-0.3, -0.25) is 0 Å². The maximum Gasteiger partial charge on any atom is 0.0274 e. The molecule has 0 aromatic rings. The maximum absolute atomic E-state index is 2.31. The van der Waals surface area contributed by atoms with Crippen LogP contribution in [0.2, 0.25) is 39.3 Å². The summed E-state index contributed by atoms with van der Waals surface area (Å²) in [4.78, 5) is 0. The minimum atomic E-state index is -0.139. The van der Waals surface area contributed by atoms with Gasteiger partial charge in [-0.2, -0.15) is 0 Å². The Morgan fingerprint density at radius 3 is 0.556 bits per heavy atom. The third-order valence-electron chi connectivity index (χ3n) is 0. The first-order valence-corrected chi connectivity index (χ1v) is 10.4. The minimum Gasteiger partial charge on any atom is -0.0724 e. The monoisotopic (exact) mass is 278 g/mol. The van der Waals surface area contributed by atoms with E-state index in [1.54, 1.807) is 0 Å². The Hall–Kier alpha value is 1.22. The molecule has 0 atom stereocenters. The second kappa shape index (κ2) is 12.0. The summed E-state index contributed by atoms with van der Waals surface area (Å²) in [5.74, 6) is 0. The van der Waals surface area contributed by atoms with Crippen LogP contribution < -0.4 is 0 Å². The van der Waals surface area contributed by atoms with Crippen LogP contribution in [0.15, 0.2) is 0 Å². The molecule has 0 heterocycles. The van der Waals surface area contributed by atoms with Crippen LogP contribution in [0.1, 0.15) is 0 Å². The predicted molar refractivity (Wildman–Crippen MR) is 55.2 cm³/mol. The van der Waals surface area contributed by atoms with Crippen LogP contribution in [0.4, 0.5) is 0 Å². The average Bonchev–Trinajstić information content (AvgIpc) is 1.25. The SMILES string of the molecule is C[SiH](C)C.C[SiH](C)C.[Te]. The van der Waals surface area contributed by atoms with E-state index in [2.05, 4.69) is 39.3 Å². The molecule has 58 valence electrons. The summed E-state index contributed by atoms with van der Waals surface area (Å²) in [6.07, 6.45) is 0. The smallest absolute Gasteiger partial charge is 0.0274 e. The first kappa shape index (κ1) is 16.7. The zero-order chi connectivity index (χ0) is 7.15. The van der Waals surface area contributed by atoms with Crippen molar-refractivity contribution < 1.29 is 0 Å². The summed E-state index contributed by atoms with van der Waals surface area (Å²) in [6, 6.07) is 0. The van der Waals surface area contributed by atoms with Gasteiger partial charge in [0.1, 0.15) is 0 Å². The minimum absolute atomic E-state index is 0. The van der Waals surface area contributed by atoms with Crippen molar-refractivity contribution in [3.05, 3.63) is 0 Å². The Morgan fingerprint density at radius 1 is 0.556 bits per heavy atom. The molecule has 0 aromatic carbocycles. The third-order valence-corrected chi connectivity index (χ3v) is 0. The zero-order valence-electron chi connectivity index (χ0n) is 7.56. The summed E-state index contributed by atoms with van der Waals surface area (Å²) < 4.78 is 0. The Morgan fingerprint density at radius 2 is 0.556 bits per heavy atom. The van der Waals surface area contributed by atoms with Crippen LogP contribution in [0.25, 0.3) is 0 Å². The molecule has 9 heavy (non-hydrogen) atoms. The van der Waals surface area contributed by atoms with Gasteiger partial charge in [-0.1, -0.05) is 39.3 Å². The average molecular weight is 276 g/mol. The Bertz CT molecular complexity index is 26.5. The third kappa shape index (κ3) is 322. The molecule has 0 bridgehead atoms. The summed E-state index contributed by atoms with van der Waals surface area (Å²) in [6.45, 7) is 13.8. The van der Waals surface area contributed by atoms with Crippen molar-refractivity contribution in [2.24, 2.45) is 0 Å². The molecule has 0 aliphatic rings. The van der Waals surface area contributed by atoms with E-state index in [4.69, 9.17) is 0 Å². The fourth-order valence-corrected chi connectivity index (χ4v) is 0. The van der Waals surface area contributed by atoms with Gasteiger partial charge >= 0.3 is 0 Å². The van der Waals surface area contributed by atoms with Gasteiger partial charge < -0.3 is 0 Å². The number of rotatable bonds is 0. The van der Waals surface area contributed by atoms with E-state index in [1.807, 2.05) is 0 Å². The van der Waals surface area contributed by atoms with Crippen molar-refractivity contribution in [3.63, 3.8) is 0 Å². The molecule has 0 fully saturated rings. The Balaban J connectivity index is -0.0000000720. The topological polar surface area (TPSA) is 0 Å². The molecular formula is C6H20Si2Te. The van der Waals surface area contributed by atoms with Crippen molar-refractivity contribution in [1.82, 2.24) is 0 Å². The van der Waals surface area contributed by atoms with E-state index in [-0.39, 0.29) is 41.3 Å². The molecule has 0 rings (SSSR count). The van der Waals surface area contributed by atoms with Gasteiger partial charge in [-0.05, 0) is 0 Å².